The number of hydrogen-bond donors (Lipinski definition) is 0. The first kappa shape index (κ1) is 18.5. The van der Waals surface area contributed by atoms with E-state index in [9.17, 15) is 9.59 Å². The molecule has 0 bridgehead atoms. The highest BCUT2D eigenvalue weighted by Gasteiger charge is 2.19. The van der Waals surface area contributed by atoms with Gasteiger partial charge in [0.2, 0.25) is 0 Å². The topological polar surface area (TPSA) is 79.6 Å². The van der Waals surface area contributed by atoms with Crippen molar-refractivity contribution in [2.24, 2.45) is 0 Å². The van der Waals surface area contributed by atoms with Crippen LogP contribution < -0.4 is 9.64 Å². The van der Waals surface area contributed by atoms with Crippen molar-refractivity contribution in [3.05, 3.63) is 58.6 Å². The fraction of sp³-hybridized carbons (Fsp3) is 0.167. The van der Waals surface area contributed by atoms with Gasteiger partial charge in [0, 0.05) is 10.2 Å². The van der Waals surface area contributed by atoms with E-state index < -0.39 is 18.5 Å². The molecule has 0 aromatic heterocycles. The summed E-state index contributed by atoms with van der Waals surface area (Å²) in [5.41, 5.74) is 0.811. The number of anilines is 1. The number of carbonyl (C=O) groups excluding carboxylic acids is 2. The maximum atomic E-state index is 12.3. The SMILES string of the molecule is COc1ccc(Br)c(C(=O)OCC(=O)N(CC#N)c2ccccc2)c1. The van der Waals surface area contributed by atoms with Crippen molar-refractivity contribution in [1.82, 2.24) is 0 Å². The van der Waals surface area contributed by atoms with Gasteiger partial charge in [-0.05, 0) is 46.3 Å². The summed E-state index contributed by atoms with van der Waals surface area (Å²) in [5.74, 6) is -0.652. The number of nitrogens with zero attached hydrogens (tertiary/aromatic N) is 2. The van der Waals surface area contributed by atoms with E-state index in [1.165, 1.54) is 18.1 Å². The number of halogens is 1. The fourth-order valence-electron chi connectivity index (χ4n) is 2.07. The van der Waals surface area contributed by atoms with Crippen molar-refractivity contribution in [2.45, 2.75) is 0 Å². The Balaban J connectivity index is 2.07. The van der Waals surface area contributed by atoms with Crippen LogP contribution >= 0.6 is 15.9 Å². The Morgan fingerprint density at radius 3 is 2.56 bits per heavy atom. The van der Waals surface area contributed by atoms with Gasteiger partial charge in [-0.3, -0.25) is 9.69 Å². The van der Waals surface area contributed by atoms with Gasteiger partial charge in [0.1, 0.15) is 12.3 Å². The second-order valence-corrected chi connectivity index (χ2v) is 5.75. The Kier molecular flexibility index (Phi) is 6.54. The third kappa shape index (κ3) is 4.81. The molecule has 1 amide bonds. The molecule has 0 saturated heterocycles. The average molecular weight is 403 g/mol. The van der Waals surface area contributed by atoms with Crippen LogP contribution in [0.2, 0.25) is 0 Å². The molecule has 25 heavy (non-hydrogen) atoms. The molecule has 2 aromatic carbocycles. The zero-order valence-electron chi connectivity index (χ0n) is 13.4. The molecule has 6 nitrogen and oxygen atoms in total. The summed E-state index contributed by atoms with van der Waals surface area (Å²) in [4.78, 5) is 25.8. The second-order valence-electron chi connectivity index (χ2n) is 4.90. The molecule has 0 aliphatic rings. The molecule has 0 spiro atoms. The molecule has 7 heteroatoms. The standard InChI is InChI=1S/C18H15BrN2O4/c1-24-14-7-8-16(19)15(11-14)18(23)25-12-17(22)21(10-9-20)13-5-3-2-4-6-13/h2-8,11H,10,12H2,1H3. The van der Waals surface area contributed by atoms with Crippen LogP contribution in [0.1, 0.15) is 10.4 Å². The normalized spacial score (nSPS) is 9.80. The van der Waals surface area contributed by atoms with E-state index in [4.69, 9.17) is 14.7 Å². The third-order valence-corrected chi connectivity index (χ3v) is 4.01. The van der Waals surface area contributed by atoms with Crippen molar-refractivity contribution in [2.75, 3.05) is 25.2 Å². The lowest BCUT2D eigenvalue weighted by molar-refractivity contribution is -0.121. The van der Waals surface area contributed by atoms with Crippen molar-refractivity contribution >= 4 is 33.5 Å². The summed E-state index contributed by atoms with van der Waals surface area (Å²) in [6.45, 7) is -0.609. The lowest BCUT2D eigenvalue weighted by Gasteiger charge is -2.19. The van der Waals surface area contributed by atoms with Gasteiger partial charge in [-0.25, -0.2) is 4.79 Å². The number of benzene rings is 2. The highest BCUT2D eigenvalue weighted by atomic mass is 79.9. The van der Waals surface area contributed by atoms with Gasteiger partial charge in [0.25, 0.3) is 5.91 Å². The molecule has 0 atom stereocenters. The average Bonchev–Trinajstić information content (AvgIpc) is 2.65. The number of amides is 1. The number of esters is 1. The van der Waals surface area contributed by atoms with E-state index in [1.807, 2.05) is 6.07 Å². The highest BCUT2D eigenvalue weighted by Crippen LogP contribution is 2.23. The molecule has 0 aliphatic carbocycles. The number of hydrogen-bond acceptors (Lipinski definition) is 5. The smallest absolute Gasteiger partial charge is 0.339 e. The first-order valence-corrected chi connectivity index (χ1v) is 8.09. The molecule has 0 aliphatic heterocycles. The molecule has 0 unspecified atom stereocenters. The number of methoxy groups -OCH3 is 1. The first-order valence-electron chi connectivity index (χ1n) is 7.30. The molecule has 2 aromatic rings. The van der Waals surface area contributed by atoms with E-state index in [0.29, 0.717) is 15.9 Å². The Morgan fingerprint density at radius 1 is 1.20 bits per heavy atom. The van der Waals surface area contributed by atoms with E-state index in [1.54, 1.807) is 42.5 Å². The van der Waals surface area contributed by atoms with Gasteiger partial charge in [-0.2, -0.15) is 5.26 Å². The van der Waals surface area contributed by atoms with Gasteiger partial charge in [0.05, 0.1) is 18.7 Å². The molecule has 0 saturated carbocycles. The first-order chi connectivity index (χ1) is 12.1. The maximum absolute atomic E-state index is 12.3. The van der Waals surface area contributed by atoms with Crippen LogP contribution in [0.3, 0.4) is 0 Å². The zero-order valence-corrected chi connectivity index (χ0v) is 15.0. The molecule has 2 rings (SSSR count). The predicted octanol–water partition coefficient (Wildman–Crippen LogP) is 3.17. The van der Waals surface area contributed by atoms with Crippen LogP contribution in [0.5, 0.6) is 5.75 Å². The minimum Gasteiger partial charge on any atom is -0.497 e. The number of carbonyl (C=O) groups is 2. The summed E-state index contributed by atoms with van der Waals surface area (Å²) in [6.07, 6.45) is 0. The van der Waals surface area contributed by atoms with E-state index in [2.05, 4.69) is 15.9 Å². The number of para-hydroxylation sites is 1. The Morgan fingerprint density at radius 2 is 1.92 bits per heavy atom. The van der Waals surface area contributed by atoms with Gasteiger partial charge in [0.15, 0.2) is 6.61 Å². The minimum atomic E-state index is -0.663. The number of nitriles is 1. The van der Waals surface area contributed by atoms with Crippen molar-refractivity contribution in [1.29, 1.82) is 5.26 Å². The molecular weight excluding hydrogens is 388 g/mol. The van der Waals surface area contributed by atoms with E-state index >= 15 is 0 Å². The van der Waals surface area contributed by atoms with Crippen molar-refractivity contribution < 1.29 is 19.1 Å². The van der Waals surface area contributed by atoms with Gasteiger partial charge in [-0.15, -0.1) is 0 Å². The van der Waals surface area contributed by atoms with Crippen LogP contribution in [0.4, 0.5) is 5.69 Å². The molecular formula is C18H15BrN2O4. The molecule has 128 valence electrons. The van der Waals surface area contributed by atoms with Crippen LogP contribution in [0.15, 0.2) is 53.0 Å². The highest BCUT2D eigenvalue weighted by molar-refractivity contribution is 9.10. The summed E-state index contributed by atoms with van der Waals surface area (Å²) in [5, 5.41) is 8.92. The third-order valence-electron chi connectivity index (χ3n) is 3.32. The van der Waals surface area contributed by atoms with Crippen molar-refractivity contribution in [3.63, 3.8) is 0 Å². The van der Waals surface area contributed by atoms with Crippen LogP contribution in [0, 0.1) is 11.3 Å². The quantitative estimate of drug-likeness (QED) is 0.547. The number of rotatable bonds is 6. The van der Waals surface area contributed by atoms with Crippen LogP contribution in [-0.4, -0.2) is 32.1 Å². The lowest BCUT2D eigenvalue weighted by Crippen LogP contribution is -2.35. The number of ether oxygens (including phenoxy) is 2. The van der Waals surface area contributed by atoms with Gasteiger partial charge in [-0.1, -0.05) is 18.2 Å². The summed E-state index contributed by atoms with van der Waals surface area (Å²) >= 11 is 3.26. The van der Waals surface area contributed by atoms with E-state index in [-0.39, 0.29) is 12.1 Å². The monoisotopic (exact) mass is 402 g/mol. The Bertz CT molecular complexity index is 802. The van der Waals surface area contributed by atoms with Crippen molar-refractivity contribution in [3.8, 4) is 11.8 Å². The van der Waals surface area contributed by atoms with Crippen LogP contribution in [0.25, 0.3) is 0 Å². The predicted molar refractivity (Wildman–Crippen MR) is 95.4 cm³/mol. The van der Waals surface area contributed by atoms with Crippen LogP contribution in [-0.2, 0) is 9.53 Å². The lowest BCUT2D eigenvalue weighted by atomic mass is 10.2. The summed E-state index contributed by atoms with van der Waals surface area (Å²) < 4.78 is 10.7. The Labute approximate surface area is 153 Å². The maximum Gasteiger partial charge on any atom is 0.339 e. The Hall–Kier alpha value is -2.85. The van der Waals surface area contributed by atoms with Gasteiger partial charge >= 0.3 is 5.97 Å². The minimum absolute atomic E-state index is 0.136. The summed E-state index contributed by atoms with van der Waals surface area (Å²) in [6, 6.07) is 15.5. The zero-order chi connectivity index (χ0) is 18.2. The fourth-order valence-corrected chi connectivity index (χ4v) is 2.48. The van der Waals surface area contributed by atoms with Gasteiger partial charge < -0.3 is 9.47 Å². The molecule has 0 heterocycles. The molecule has 0 fully saturated rings. The molecule has 0 radical (unpaired) electrons. The molecule has 0 N–H and O–H groups in total. The van der Waals surface area contributed by atoms with E-state index in [0.717, 1.165) is 0 Å². The second kappa shape index (κ2) is 8.85. The summed E-state index contributed by atoms with van der Waals surface area (Å²) in [7, 11) is 1.49. The largest absolute Gasteiger partial charge is 0.497 e.